The number of benzene rings is 1. The van der Waals surface area contributed by atoms with Gasteiger partial charge in [0.25, 0.3) is 0 Å². The fourth-order valence-corrected chi connectivity index (χ4v) is 1.76. The van der Waals surface area contributed by atoms with Crippen LogP contribution in [0.3, 0.4) is 0 Å². The molecule has 0 aliphatic heterocycles. The number of alkyl halides is 1. The SMILES string of the molecule is CC(C)OCCCC(=O)Nc1ccc(OCCCCl)cc1. The molecule has 0 saturated heterocycles. The molecule has 0 aliphatic carbocycles. The van der Waals surface area contributed by atoms with E-state index in [4.69, 9.17) is 21.1 Å². The van der Waals surface area contributed by atoms with Crippen molar-refractivity contribution in [1.82, 2.24) is 0 Å². The Labute approximate surface area is 131 Å². The molecule has 0 unspecified atom stereocenters. The van der Waals surface area contributed by atoms with Gasteiger partial charge < -0.3 is 14.8 Å². The minimum Gasteiger partial charge on any atom is -0.494 e. The molecular weight excluding hydrogens is 290 g/mol. The van der Waals surface area contributed by atoms with Crippen molar-refractivity contribution < 1.29 is 14.3 Å². The zero-order valence-corrected chi connectivity index (χ0v) is 13.5. The van der Waals surface area contributed by atoms with E-state index < -0.39 is 0 Å². The molecule has 0 spiro atoms. The van der Waals surface area contributed by atoms with Crippen molar-refractivity contribution in [2.24, 2.45) is 0 Å². The van der Waals surface area contributed by atoms with Crippen LogP contribution in [-0.2, 0) is 9.53 Å². The molecule has 5 heteroatoms. The molecule has 1 aromatic carbocycles. The Morgan fingerprint density at radius 1 is 1.19 bits per heavy atom. The number of ether oxygens (including phenoxy) is 2. The fraction of sp³-hybridized carbons (Fsp3) is 0.562. The molecular formula is C16H24ClNO3. The second-order valence-corrected chi connectivity index (χ2v) is 5.36. The van der Waals surface area contributed by atoms with Gasteiger partial charge in [0, 0.05) is 24.6 Å². The van der Waals surface area contributed by atoms with Crippen molar-refractivity contribution in [3.8, 4) is 5.75 Å². The van der Waals surface area contributed by atoms with E-state index in [1.807, 2.05) is 38.1 Å². The first kappa shape index (κ1) is 17.8. The molecule has 1 amide bonds. The lowest BCUT2D eigenvalue weighted by molar-refractivity contribution is -0.116. The van der Waals surface area contributed by atoms with Crippen molar-refractivity contribution in [3.63, 3.8) is 0 Å². The Bertz CT molecular complexity index is 406. The van der Waals surface area contributed by atoms with Crippen LogP contribution in [0.15, 0.2) is 24.3 Å². The van der Waals surface area contributed by atoms with Gasteiger partial charge in [0.05, 0.1) is 12.7 Å². The Kier molecular flexibility index (Phi) is 8.87. The predicted molar refractivity (Wildman–Crippen MR) is 86.2 cm³/mol. The van der Waals surface area contributed by atoms with Gasteiger partial charge in [-0.05, 0) is 51.0 Å². The largest absolute Gasteiger partial charge is 0.494 e. The maximum absolute atomic E-state index is 11.7. The molecule has 0 aliphatic rings. The smallest absolute Gasteiger partial charge is 0.224 e. The maximum atomic E-state index is 11.7. The van der Waals surface area contributed by atoms with Crippen molar-refractivity contribution in [3.05, 3.63) is 24.3 Å². The molecule has 0 aromatic heterocycles. The first-order chi connectivity index (χ1) is 10.1. The molecule has 0 radical (unpaired) electrons. The van der Waals surface area contributed by atoms with Crippen LogP contribution in [0.4, 0.5) is 5.69 Å². The second kappa shape index (κ2) is 10.5. The zero-order valence-electron chi connectivity index (χ0n) is 12.7. The molecule has 0 atom stereocenters. The third-order valence-electron chi connectivity index (χ3n) is 2.68. The molecule has 1 rings (SSSR count). The quantitative estimate of drug-likeness (QED) is 0.527. The Balaban J connectivity index is 2.26. The maximum Gasteiger partial charge on any atom is 0.224 e. The predicted octanol–water partition coefficient (Wildman–Crippen LogP) is 3.84. The summed E-state index contributed by atoms with van der Waals surface area (Å²) in [7, 11) is 0. The third-order valence-corrected chi connectivity index (χ3v) is 2.95. The molecule has 0 saturated carbocycles. The number of rotatable bonds is 10. The van der Waals surface area contributed by atoms with Crippen LogP contribution < -0.4 is 10.1 Å². The van der Waals surface area contributed by atoms with Crippen LogP contribution in [0.25, 0.3) is 0 Å². The fourth-order valence-electron chi connectivity index (χ4n) is 1.65. The van der Waals surface area contributed by atoms with Gasteiger partial charge in [-0.3, -0.25) is 4.79 Å². The van der Waals surface area contributed by atoms with Crippen molar-refractivity contribution in [2.45, 2.75) is 39.2 Å². The lowest BCUT2D eigenvalue weighted by Crippen LogP contribution is -2.13. The summed E-state index contributed by atoms with van der Waals surface area (Å²) in [6.45, 7) is 5.18. The number of halogens is 1. The van der Waals surface area contributed by atoms with Gasteiger partial charge in [0.2, 0.25) is 5.91 Å². The summed E-state index contributed by atoms with van der Waals surface area (Å²) in [6.07, 6.45) is 2.21. The van der Waals surface area contributed by atoms with E-state index in [9.17, 15) is 4.79 Å². The average molecular weight is 314 g/mol. The normalized spacial score (nSPS) is 10.7. The minimum absolute atomic E-state index is 0.00170. The number of nitrogens with one attached hydrogen (secondary N) is 1. The highest BCUT2D eigenvalue weighted by Crippen LogP contribution is 2.16. The summed E-state index contributed by atoms with van der Waals surface area (Å²) in [5.41, 5.74) is 0.773. The number of carbonyl (C=O) groups excluding carboxylic acids is 1. The summed E-state index contributed by atoms with van der Waals surface area (Å²) < 4.78 is 10.9. The van der Waals surface area contributed by atoms with Crippen LogP contribution in [0.1, 0.15) is 33.1 Å². The summed E-state index contributed by atoms with van der Waals surface area (Å²) >= 11 is 5.58. The van der Waals surface area contributed by atoms with Gasteiger partial charge in [0.15, 0.2) is 0 Å². The molecule has 0 heterocycles. The average Bonchev–Trinajstić information content (AvgIpc) is 2.45. The van der Waals surface area contributed by atoms with E-state index in [1.165, 1.54) is 0 Å². The topological polar surface area (TPSA) is 47.6 Å². The standard InChI is InChI=1S/C16H24ClNO3/c1-13(2)20-11-3-5-16(19)18-14-6-8-15(9-7-14)21-12-4-10-17/h6-9,13H,3-5,10-12H2,1-2H3,(H,18,19). The van der Waals surface area contributed by atoms with E-state index in [0.29, 0.717) is 25.5 Å². The lowest BCUT2D eigenvalue weighted by atomic mass is 10.2. The molecule has 1 N–H and O–H groups in total. The summed E-state index contributed by atoms with van der Waals surface area (Å²) in [4.78, 5) is 11.7. The molecule has 0 bridgehead atoms. The molecule has 21 heavy (non-hydrogen) atoms. The lowest BCUT2D eigenvalue weighted by Gasteiger charge is -2.09. The van der Waals surface area contributed by atoms with Gasteiger partial charge >= 0.3 is 0 Å². The van der Waals surface area contributed by atoms with E-state index in [0.717, 1.165) is 24.3 Å². The van der Waals surface area contributed by atoms with E-state index in [2.05, 4.69) is 5.32 Å². The second-order valence-electron chi connectivity index (χ2n) is 4.99. The van der Waals surface area contributed by atoms with Gasteiger partial charge in [-0.2, -0.15) is 0 Å². The summed E-state index contributed by atoms with van der Waals surface area (Å²) in [5.74, 6) is 1.37. The van der Waals surface area contributed by atoms with E-state index >= 15 is 0 Å². The zero-order chi connectivity index (χ0) is 15.5. The van der Waals surface area contributed by atoms with Crippen LogP contribution in [0.5, 0.6) is 5.75 Å². The molecule has 0 fully saturated rings. The van der Waals surface area contributed by atoms with Crippen molar-refractivity contribution in [2.75, 3.05) is 24.4 Å². The highest BCUT2D eigenvalue weighted by Gasteiger charge is 2.03. The van der Waals surface area contributed by atoms with E-state index in [1.54, 1.807) is 0 Å². The summed E-state index contributed by atoms with van der Waals surface area (Å²) in [5, 5.41) is 2.85. The number of hydrogen-bond donors (Lipinski definition) is 1. The Morgan fingerprint density at radius 2 is 1.90 bits per heavy atom. The number of carbonyl (C=O) groups is 1. The van der Waals surface area contributed by atoms with Gasteiger partial charge in [-0.15, -0.1) is 11.6 Å². The highest BCUT2D eigenvalue weighted by atomic mass is 35.5. The number of amides is 1. The number of hydrogen-bond acceptors (Lipinski definition) is 3. The monoisotopic (exact) mass is 313 g/mol. The molecule has 1 aromatic rings. The Hall–Kier alpha value is -1.26. The van der Waals surface area contributed by atoms with Crippen LogP contribution in [0, 0.1) is 0 Å². The first-order valence-electron chi connectivity index (χ1n) is 7.32. The van der Waals surface area contributed by atoms with Crippen LogP contribution in [0.2, 0.25) is 0 Å². The number of anilines is 1. The van der Waals surface area contributed by atoms with E-state index in [-0.39, 0.29) is 12.0 Å². The highest BCUT2D eigenvalue weighted by molar-refractivity contribution is 6.17. The van der Waals surface area contributed by atoms with Gasteiger partial charge in [-0.25, -0.2) is 0 Å². The van der Waals surface area contributed by atoms with Crippen LogP contribution in [-0.4, -0.2) is 31.1 Å². The molecule has 4 nitrogen and oxygen atoms in total. The van der Waals surface area contributed by atoms with Gasteiger partial charge in [0.1, 0.15) is 5.75 Å². The Morgan fingerprint density at radius 3 is 2.52 bits per heavy atom. The minimum atomic E-state index is -0.00170. The van der Waals surface area contributed by atoms with Crippen molar-refractivity contribution in [1.29, 1.82) is 0 Å². The van der Waals surface area contributed by atoms with Crippen molar-refractivity contribution >= 4 is 23.2 Å². The van der Waals surface area contributed by atoms with Crippen LogP contribution >= 0.6 is 11.6 Å². The third kappa shape index (κ3) is 8.58. The summed E-state index contributed by atoms with van der Waals surface area (Å²) in [6, 6.07) is 7.34. The molecule has 118 valence electrons. The van der Waals surface area contributed by atoms with Gasteiger partial charge in [-0.1, -0.05) is 0 Å². The first-order valence-corrected chi connectivity index (χ1v) is 7.85.